The Morgan fingerprint density at radius 3 is 2.28 bits per heavy atom. The lowest BCUT2D eigenvalue weighted by atomic mass is 10.1. The molecule has 2 N–H and O–H groups in total. The van der Waals surface area contributed by atoms with Gasteiger partial charge in [-0.15, -0.1) is 10.2 Å². The lowest BCUT2D eigenvalue weighted by Gasteiger charge is -2.11. The molecule has 1 aromatic carbocycles. The van der Waals surface area contributed by atoms with Crippen LogP contribution in [0.4, 0.5) is 11.5 Å². The minimum Gasteiger partial charge on any atom is -0.476 e. The summed E-state index contributed by atoms with van der Waals surface area (Å²) < 4.78 is 0. The zero-order valence-corrected chi connectivity index (χ0v) is 10.1. The van der Waals surface area contributed by atoms with Gasteiger partial charge in [-0.1, -0.05) is 18.2 Å². The SMILES string of the molecule is Cc1cccc(C)c1Nc1ccc(C(=O)O)nn1. The minimum atomic E-state index is -1.08. The van der Waals surface area contributed by atoms with E-state index in [1.54, 1.807) is 6.07 Å². The van der Waals surface area contributed by atoms with Crippen molar-refractivity contribution in [2.45, 2.75) is 13.8 Å². The number of hydrogen-bond acceptors (Lipinski definition) is 4. The largest absolute Gasteiger partial charge is 0.476 e. The van der Waals surface area contributed by atoms with Gasteiger partial charge in [-0.05, 0) is 37.1 Å². The average Bonchev–Trinajstić information content (AvgIpc) is 2.34. The van der Waals surface area contributed by atoms with E-state index >= 15 is 0 Å². The lowest BCUT2D eigenvalue weighted by Crippen LogP contribution is -2.04. The molecule has 0 atom stereocenters. The molecule has 1 heterocycles. The van der Waals surface area contributed by atoms with Crippen molar-refractivity contribution in [1.82, 2.24) is 10.2 Å². The summed E-state index contributed by atoms with van der Waals surface area (Å²) in [5, 5.41) is 19.3. The van der Waals surface area contributed by atoms with E-state index in [0.29, 0.717) is 5.82 Å². The number of benzene rings is 1. The van der Waals surface area contributed by atoms with Crippen LogP contribution in [0.3, 0.4) is 0 Å². The van der Waals surface area contributed by atoms with Crippen LogP contribution >= 0.6 is 0 Å². The van der Waals surface area contributed by atoms with Gasteiger partial charge in [0.25, 0.3) is 0 Å². The first-order valence-corrected chi connectivity index (χ1v) is 5.48. The van der Waals surface area contributed by atoms with Crippen molar-refractivity contribution in [1.29, 1.82) is 0 Å². The Kier molecular flexibility index (Phi) is 3.23. The van der Waals surface area contributed by atoms with E-state index in [1.807, 2.05) is 32.0 Å². The minimum absolute atomic E-state index is 0.0675. The van der Waals surface area contributed by atoms with Gasteiger partial charge in [0.15, 0.2) is 11.5 Å². The molecule has 5 heteroatoms. The number of nitrogens with zero attached hydrogens (tertiary/aromatic N) is 2. The van der Waals surface area contributed by atoms with Crippen LogP contribution in [0.2, 0.25) is 0 Å². The number of nitrogens with one attached hydrogen (secondary N) is 1. The number of carboxylic acids is 1. The fraction of sp³-hybridized carbons (Fsp3) is 0.154. The third-order valence-corrected chi connectivity index (χ3v) is 2.62. The molecule has 5 nitrogen and oxygen atoms in total. The predicted molar refractivity (Wildman–Crippen MR) is 68.2 cm³/mol. The van der Waals surface area contributed by atoms with E-state index in [2.05, 4.69) is 15.5 Å². The standard InChI is InChI=1S/C13H13N3O2/c1-8-4-3-5-9(2)12(8)14-11-7-6-10(13(17)18)15-16-11/h3-7H,1-2H3,(H,14,16)(H,17,18). The van der Waals surface area contributed by atoms with Crippen molar-refractivity contribution in [3.63, 3.8) is 0 Å². The van der Waals surface area contributed by atoms with Crippen LogP contribution in [0.5, 0.6) is 0 Å². The Balaban J connectivity index is 2.26. The zero-order valence-electron chi connectivity index (χ0n) is 10.1. The lowest BCUT2D eigenvalue weighted by molar-refractivity contribution is 0.0689. The van der Waals surface area contributed by atoms with E-state index in [0.717, 1.165) is 16.8 Å². The Labute approximate surface area is 104 Å². The summed E-state index contributed by atoms with van der Waals surface area (Å²) >= 11 is 0. The highest BCUT2D eigenvalue weighted by molar-refractivity contribution is 5.85. The predicted octanol–water partition coefficient (Wildman–Crippen LogP) is 2.54. The normalized spacial score (nSPS) is 10.1. The Morgan fingerprint density at radius 2 is 1.78 bits per heavy atom. The summed E-state index contributed by atoms with van der Waals surface area (Å²) in [6, 6.07) is 8.99. The van der Waals surface area contributed by atoms with Gasteiger partial charge in [-0.3, -0.25) is 0 Å². The number of carboxylic acid groups (broad SMARTS) is 1. The first-order chi connectivity index (χ1) is 8.58. The number of para-hydroxylation sites is 1. The van der Waals surface area contributed by atoms with Crippen molar-refractivity contribution < 1.29 is 9.90 Å². The number of aromatic carboxylic acids is 1. The highest BCUT2D eigenvalue weighted by Crippen LogP contribution is 2.22. The first kappa shape index (κ1) is 12.0. The maximum Gasteiger partial charge on any atom is 0.356 e. The van der Waals surface area contributed by atoms with Crippen LogP contribution in [0.1, 0.15) is 21.6 Å². The van der Waals surface area contributed by atoms with E-state index in [-0.39, 0.29) is 5.69 Å². The summed E-state index contributed by atoms with van der Waals surface area (Å²) in [6.07, 6.45) is 0. The van der Waals surface area contributed by atoms with Crippen LogP contribution in [-0.4, -0.2) is 21.3 Å². The molecular weight excluding hydrogens is 230 g/mol. The summed E-state index contributed by atoms with van der Waals surface area (Å²) in [5.41, 5.74) is 3.09. The van der Waals surface area contributed by atoms with Crippen LogP contribution < -0.4 is 5.32 Å². The number of anilines is 2. The Hall–Kier alpha value is -2.43. The molecule has 0 aliphatic heterocycles. The van der Waals surface area contributed by atoms with Crippen LogP contribution in [-0.2, 0) is 0 Å². The van der Waals surface area contributed by atoms with Crippen molar-refractivity contribution in [3.05, 3.63) is 47.2 Å². The quantitative estimate of drug-likeness (QED) is 0.866. The second-order valence-electron chi connectivity index (χ2n) is 4.00. The van der Waals surface area contributed by atoms with Gasteiger partial charge < -0.3 is 10.4 Å². The molecule has 18 heavy (non-hydrogen) atoms. The van der Waals surface area contributed by atoms with Gasteiger partial charge in [0.1, 0.15) is 0 Å². The molecule has 0 aliphatic carbocycles. The molecule has 0 amide bonds. The monoisotopic (exact) mass is 243 g/mol. The summed E-state index contributed by atoms with van der Waals surface area (Å²) in [4.78, 5) is 10.7. The molecule has 0 fully saturated rings. The van der Waals surface area contributed by atoms with E-state index < -0.39 is 5.97 Å². The summed E-state index contributed by atoms with van der Waals surface area (Å²) in [6.45, 7) is 3.99. The fourth-order valence-electron chi connectivity index (χ4n) is 1.65. The number of rotatable bonds is 3. The summed E-state index contributed by atoms with van der Waals surface area (Å²) in [7, 11) is 0. The van der Waals surface area contributed by atoms with Crippen molar-refractivity contribution >= 4 is 17.5 Å². The maximum absolute atomic E-state index is 10.7. The molecule has 0 bridgehead atoms. The highest BCUT2D eigenvalue weighted by atomic mass is 16.4. The maximum atomic E-state index is 10.7. The summed E-state index contributed by atoms with van der Waals surface area (Å²) in [5.74, 6) is -0.557. The molecule has 0 spiro atoms. The smallest absolute Gasteiger partial charge is 0.356 e. The molecule has 0 aliphatic rings. The second kappa shape index (κ2) is 4.83. The topological polar surface area (TPSA) is 75.1 Å². The zero-order chi connectivity index (χ0) is 13.1. The second-order valence-corrected chi connectivity index (χ2v) is 4.00. The molecular formula is C13H13N3O2. The fourth-order valence-corrected chi connectivity index (χ4v) is 1.65. The highest BCUT2D eigenvalue weighted by Gasteiger charge is 2.07. The molecule has 0 saturated heterocycles. The van der Waals surface area contributed by atoms with Crippen LogP contribution in [0, 0.1) is 13.8 Å². The molecule has 0 unspecified atom stereocenters. The van der Waals surface area contributed by atoms with Gasteiger partial charge in [-0.2, -0.15) is 0 Å². The Bertz CT molecular complexity index is 559. The van der Waals surface area contributed by atoms with E-state index in [4.69, 9.17) is 5.11 Å². The molecule has 2 rings (SSSR count). The van der Waals surface area contributed by atoms with Gasteiger partial charge >= 0.3 is 5.97 Å². The van der Waals surface area contributed by atoms with Crippen molar-refractivity contribution in [3.8, 4) is 0 Å². The van der Waals surface area contributed by atoms with Crippen molar-refractivity contribution in [2.75, 3.05) is 5.32 Å². The molecule has 2 aromatic rings. The molecule has 0 radical (unpaired) electrons. The van der Waals surface area contributed by atoms with Crippen molar-refractivity contribution in [2.24, 2.45) is 0 Å². The first-order valence-electron chi connectivity index (χ1n) is 5.48. The van der Waals surface area contributed by atoms with E-state index in [1.165, 1.54) is 6.07 Å². The van der Waals surface area contributed by atoms with Gasteiger partial charge in [-0.25, -0.2) is 4.79 Å². The molecule has 0 saturated carbocycles. The van der Waals surface area contributed by atoms with Gasteiger partial charge in [0.2, 0.25) is 0 Å². The number of aryl methyl sites for hydroxylation is 2. The molecule has 92 valence electrons. The third-order valence-electron chi connectivity index (χ3n) is 2.62. The van der Waals surface area contributed by atoms with Crippen LogP contribution in [0.25, 0.3) is 0 Å². The number of aromatic nitrogens is 2. The number of hydrogen-bond donors (Lipinski definition) is 2. The molecule has 1 aromatic heterocycles. The Morgan fingerprint density at radius 1 is 1.11 bits per heavy atom. The average molecular weight is 243 g/mol. The van der Waals surface area contributed by atoms with E-state index in [9.17, 15) is 4.79 Å². The van der Waals surface area contributed by atoms with Gasteiger partial charge in [0, 0.05) is 5.69 Å². The van der Waals surface area contributed by atoms with Gasteiger partial charge in [0.05, 0.1) is 0 Å². The van der Waals surface area contributed by atoms with Crippen LogP contribution in [0.15, 0.2) is 30.3 Å². The third kappa shape index (κ3) is 2.45. The number of carbonyl (C=O) groups is 1.